The van der Waals surface area contributed by atoms with Crippen molar-refractivity contribution in [1.82, 2.24) is 5.16 Å². The summed E-state index contributed by atoms with van der Waals surface area (Å²) in [4.78, 5) is 0. The summed E-state index contributed by atoms with van der Waals surface area (Å²) >= 11 is 0. The van der Waals surface area contributed by atoms with Crippen LogP contribution in [0.4, 0.5) is 0 Å². The maximum Gasteiger partial charge on any atom is 0.138 e. The van der Waals surface area contributed by atoms with E-state index in [9.17, 15) is 0 Å². The quantitative estimate of drug-likeness (QED) is 0.667. The van der Waals surface area contributed by atoms with Crippen LogP contribution in [0.25, 0.3) is 0 Å². The molecular formula is C10H14N2O. The van der Waals surface area contributed by atoms with Crippen molar-refractivity contribution in [1.29, 1.82) is 0 Å². The lowest BCUT2D eigenvalue weighted by Crippen LogP contribution is -2.34. The van der Waals surface area contributed by atoms with Gasteiger partial charge in [0.2, 0.25) is 0 Å². The molecule has 13 heavy (non-hydrogen) atoms. The average molecular weight is 178 g/mol. The lowest BCUT2D eigenvalue weighted by atomic mass is 9.87. The predicted molar refractivity (Wildman–Crippen MR) is 50.2 cm³/mol. The Morgan fingerprint density at radius 2 is 2.00 bits per heavy atom. The maximum absolute atomic E-state index is 6.26. The van der Waals surface area contributed by atoms with Crippen LogP contribution < -0.4 is 5.73 Å². The fourth-order valence-corrected chi connectivity index (χ4v) is 2.07. The van der Waals surface area contributed by atoms with Gasteiger partial charge >= 0.3 is 0 Å². The van der Waals surface area contributed by atoms with Gasteiger partial charge in [-0.2, -0.15) is 0 Å². The molecule has 0 radical (unpaired) electrons. The highest BCUT2D eigenvalue weighted by Crippen LogP contribution is 2.35. The summed E-state index contributed by atoms with van der Waals surface area (Å²) in [6.45, 7) is 3.86. The Hall–Kier alpha value is -1.09. The Morgan fingerprint density at radius 1 is 1.38 bits per heavy atom. The largest absolute Gasteiger partial charge is 0.361 e. The number of hydrogen-bond acceptors (Lipinski definition) is 3. The van der Waals surface area contributed by atoms with Gasteiger partial charge in [0.05, 0.1) is 11.2 Å². The van der Waals surface area contributed by atoms with E-state index in [0.29, 0.717) is 0 Å². The van der Waals surface area contributed by atoms with Gasteiger partial charge in [-0.3, -0.25) is 0 Å². The van der Waals surface area contributed by atoms with Gasteiger partial charge in [0.1, 0.15) is 5.76 Å². The first-order chi connectivity index (χ1) is 6.13. The number of nitrogens with two attached hydrogens (primary N) is 1. The molecule has 0 spiro atoms. The van der Waals surface area contributed by atoms with Gasteiger partial charge in [-0.25, -0.2) is 0 Å². The molecule has 0 amide bonds. The number of aromatic nitrogens is 1. The third-order valence-electron chi connectivity index (χ3n) is 2.66. The standard InChI is InChI=1S/C10H14N2O/c1-7-9(8(2)13-12-7)10(11)5-3-4-6-10/h3-4H,5-6,11H2,1-2H3. The third-order valence-corrected chi connectivity index (χ3v) is 2.66. The Balaban J connectivity index is 2.45. The molecule has 0 atom stereocenters. The molecule has 0 saturated carbocycles. The third kappa shape index (κ3) is 1.20. The molecule has 3 nitrogen and oxygen atoms in total. The molecule has 3 heteroatoms. The minimum atomic E-state index is -0.270. The van der Waals surface area contributed by atoms with E-state index in [0.717, 1.165) is 29.9 Å². The Morgan fingerprint density at radius 3 is 2.46 bits per heavy atom. The van der Waals surface area contributed by atoms with Crippen molar-refractivity contribution in [2.24, 2.45) is 5.73 Å². The Kier molecular flexibility index (Phi) is 1.77. The summed E-state index contributed by atoms with van der Waals surface area (Å²) in [5, 5.41) is 3.92. The lowest BCUT2D eigenvalue weighted by molar-refractivity contribution is 0.386. The molecule has 70 valence electrons. The second kappa shape index (κ2) is 2.70. The molecular weight excluding hydrogens is 164 g/mol. The van der Waals surface area contributed by atoms with Crippen molar-refractivity contribution in [3.8, 4) is 0 Å². The van der Waals surface area contributed by atoms with Crippen LogP contribution >= 0.6 is 0 Å². The zero-order valence-electron chi connectivity index (χ0n) is 8.00. The maximum atomic E-state index is 6.26. The molecule has 2 rings (SSSR count). The van der Waals surface area contributed by atoms with E-state index in [1.165, 1.54) is 0 Å². The minimum Gasteiger partial charge on any atom is -0.361 e. The van der Waals surface area contributed by atoms with Gasteiger partial charge in [0, 0.05) is 5.56 Å². The normalized spacial score (nSPS) is 19.6. The lowest BCUT2D eigenvalue weighted by Gasteiger charge is -2.23. The van der Waals surface area contributed by atoms with Crippen molar-refractivity contribution in [3.05, 3.63) is 29.2 Å². The molecule has 0 fully saturated rings. The van der Waals surface area contributed by atoms with Crippen LogP contribution in [0.3, 0.4) is 0 Å². The van der Waals surface area contributed by atoms with Crippen molar-refractivity contribution < 1.29 is 4.52 Å². The molecule has 1 heterocycles. The van der Waals surface area contributed by atoms with Gasteiger partial charge in [-0.15, -0.1) is 0 Å². The van der Waals surface area contributed by atoms with E-state index in [-0.39, 0.29) is 5.54 Å². The minimum absolute atomic E-state index is 0.270. The number of aryl methyl sites for hydroxylation is 2. The Labute approximate surface area is 77.6 Å². The van der Waals surface area contributed by atoms with Gasteiger partial charge in [0.25, 0.3) is 0 Å². The van der Waals surface area contributed by atoms with Crippen molar-refractivity contribution in [3.63, 3.8) is 0 Å². The molecule has 1 aliphatic rings. The van der Waals surface area contributed by atoms with Crippen LogP contribution in [0, 0.1) is 13.8 Å². The SMILES string of the molecule is Cc1noc(C)c1C1(N)CC=CC1. The first-order valence-electron chi connectivity index (χ1n) is 4.51. The molecule has 0 unspecified atom stereocenters. The van der Waals surface area contributed by atoms with E-state index in [1.807, 2.05) is 13.8 Å². The summed E-state index contributed by atoms with van der Waals surface area (Å²) in [6, 6.07) is 0. The number of hydrogen-bond donors (Lipinski definition) is 1. The second-order valence-electron chi connectivity index (χ2n) is 3.73. The molecule has 2 N–H and O–H groups in total. The van der Waals surface area contributed by atoms with Gasteiger partial charge in [-0.05, 0) is 26.7 Å². The zero-order valence-corrected chi connectivity index (χ0v) is 8.00. The van der Waals surface area contributed by atoms with E-state index in [1.54, 1.807) is 0 Å². The monoisotopic (exact) mass is 178 g/mol. The smallest absolute Gasteiger partial charge is 0.138 e. The van der Waals surface area contributed by atoms with Crippen molar-refractivity contribution in [2.75, 3.05) is 0 Å². The van der Waals surface area contributed by atoms with Crippen molar-refractivity contribution >= 4 is 0 Å². The molecule has 0 saturated heterocycles. The van der Waals surface area contributed by atoms with E-state index in [2.05, 4.69) is 17.3 Å². The summed E-state index contributed by atoms with van der Waals surface area (Å²) in [5.41, 5.74) is 8.00. The number of nitrogens with zero attached hydrogens (tertiary/aromatic N) is 1. The highest BCUT2D eigenvalue weighted by molar-refractivity contribution is 5.33. The fraction of sp³-hybridized carbons (Fsp3) is 0.500. The van der Waals surface area contributed by atoms with Crippen LogP contribution in [-0.4, -0.2) is 5.16 Å². The first-order valence-corrected chi connectivity index (χ1v) is 4.51. The van der Waals surface area contributed by atoms with Crippen LogP contribution in [0.15, 0.2) is 16.7 Å². The summed E-state index contributed by atoms with van der Waals surface area (Å²) in [5.74, 6) is 0.851. The topological polar surface area (TPSA) is 52.0 Å². The molecule has 1 aromatic heterocycles. The first kappa shape index (κ1) is 8.51. The van der Waals surface area contributed by atoms with E-state index < -0.39 is 0 Å². The molecule has 0 bridgehead atoms. The van der Waals surface area contributed by atoms with E-state index >= 15 is 0 Å². The van der Waals surface area contributed by atoms with Gasteiger partial charge < -0.3 is 10.3 Å². The highest BCUT2D eigenvalue weighted by Gasteiger charge is 2.33. The predicted octanol–water partition coefficient (Wildman–Crippen LogP) is 1.80. The summed E-state index contributed by atoms with van der Waals surface area (Å²) in [7, 11) is 0. The zero-order chi connectivity index (χ0) is 9.47. The van der Waals surface area contributed by atoms with Crippen molar-refractivity contribution in [2.45, 2.75) is 32.2 Å². The summed E-state index contributed by atoms with van der Waals surface area (Å²) < 4.78 is 5.12. The van der Waals surface area contributed by atoms with Crippen LogP contribution in [-0.2, 0) is 5.54 Å². The molecule has 0 aliphatic heterocycles. The van der Waals surface area contributed by atoms with Crippen LogP contribution in [0.2, 0.25) is 0 Å². The molecule has 1 aromatic rings. The van der Waals surface area contributed by atoms with Gasteiger partial charge in [0.15, 0.2) is 0 Å². The van der Waals surface area contributed by atoms with E-state index in [4.69, 9.17) is 10.3 Å². The van der Waals surface area contributed by atoms with Crippen LogP contribution in [0.1, 0.15) is 29.9 Å². The summed E-state index contributed by atoms with van der Waals surface area (Å²) in [6.07, 6.45) is 6.00. The average Bonchev–Trinajstić information content (AvgIpc) is 2.60. The number of rotatable bonds is 1. The van der Waals surface area contributed by atoms with Gasteiger partial charge in [-0.1, -0.05) is 17.3 Å². The Bertz CT molecular complexity index is 324. The molecule has 0 aromatic carbocycles. The highest BCUT2D eigenvalue weighted by atomic mass is 16.5. The fourth-order valence-electron chi connectivity index (χ4n) is 2.07. The second-order valence-corrected chi connectivity index (χ2v) is 3.73. The van der Waals surface area contributed by atoms with Crippen LogP contribution in [0.5, 0.6) is 0 Å². The molecule has 1 aliphatic carbocycles.